The number of hydrogen-bond acceptors (Lipinski definition) is 4. The van der Waals surface area contributed by atoms with Gasteiger partial charge in [0, 0.05) is 24.0 Å². The molecule has 140 valence electrons. The molecule has 2 aromatic carbocycles. The van der Waals surface area contributed by atoms with Gasteiger partial charge >= 0.3 is 0 Å². The lowest BCUT2D eigenvalue weighted by molar-refractivity contribution is 0.101. The first-order chi connectivity index (χ1) is 13.6. The molecule has 2 heterocycles. The van der Waals surface area contributed by atoms with E-state index < -0.39 is 0 Å². The highest BCUT2D eigenvalue weighted by atomic mass is 16.5. The molecule has 0 atom stereocenters. The average Bonchev–Trinajstić information content (AvgIpc) is 3.10. The first-order valence-electron chi connectivity index (χ1n) is 8.97. The lowest BCUT2D eigenvalue weighted by atomic mass is 10.1. The molecule has 0 unspecified atom stereocenters. The molecule has 0 aliphatic rings. The number of rotatable bonds is 6. The summed E-state index contributed by atoms with van der Waals surface area (Å²) in [5.74, 6) is 0.736. The maximum Gasteiger partial charge on any atom is 0.227 e. The standard InChI is InChI=1S/C23H19NO4/c1-16(25)18-8-6-17(7-9-18)14-28-23-15-27-21(10-22(23)26)13-24-11-19-4-2-3-5-20(19)12-24/h2-12,15H,13-14H2,1H3. The van der Waals surface area contributed by atoms with Crippen LogP contribution in [-0.2, 0) is 13.2 Å². The third kappa shape index (κ3) is 3.88. The molecule has 0 radical (unpaired) electrons. The molecular weight excluding hydrogens is 354 g/mol. The van der Waals surface area contributed by atoms with E-state index >= 15 is 0 Å². The molecule has 0 aliphatic carbocycles. The lowest BCUT2D eigenvalue weighted by Gasteiger charge is -2.07. The molecule has 0 saturated heterocycles. The Morgan fingerprint density at radius 3 is 2.32 bits per heavy atom. The summed E-state index contributed by atoms with van der Waals surface area (Å²) >= 11 is 0. The van der Waals surface area contributed by atoms with Crippen LogP contribution in [0.3, 0.4) is 0 Å². The van der Waals surface area contributed by atoms with Crippen LogP contribution < -0.4 is 10.2 Å². The van der Waals surface area contributed by atoms with Crippen molar-refractivity contribution in [3.63, 3.8) is 0 Å². The minimum Gasteiger partial charge on any atom is -0.482 e. The Kier molecular flexibility index (Phi) is 4.81. The van der Waals surface area contributed by atoms with Gasteiger partial charge in [0.05, 0.1) is 6.54 Å². The molecule has 0 aliphatic heterocycles. The van der Waals surface area contributed by atoms with Crippen LogP contribution >= 0.6 is 0 Å². The zero-order chi connectivity index (χ0) is 19.5. The molecule has 0 saturated carbocycles. The zero-order valence-electron chi connectivity index (χ0n) is 15.4. The number of ether oxygens (including phenoxy) is 1. The molecule has 0 amide bonds. The van der Waals surface area contributed by atoms with Crippen molar-refractivity contribution in [2.24, 2.45) is 0 Å². The van der Waals surface area contributed by atoms with Crippen molar-refractivity contribution in [1.82, 2.24) is 4.57 Å². The smallest absolute Gasteiger partial charge is 0.227 e. The highest BCUT2D eigenvalue weighted by Gasteiger charge is 2.07. The van der Waals surface area contributed by atoms with Gasteiger partial charge in [-0.2, -0.15) is 0 Å². The van der Waals surface area contributed by atoms with E-state index in [0.717, 1.165) is 16.3 Å². The average molecular weight is 373 g/mol. The fourth-order valence-corrected chi connectivity index (χ4v) is 3.04. The van der Waals surface area contributed by atoms with Gasteiger partial charge in [0.2, 0.25) is 11.2 Å². The number of ketones is 1. The van der Waals surface area contributed by atoms with Crippen LogP contribution in [0.25, 0.3) is 10.8 Å². The predicted octanol–water partition coefficient (Wildman–Crippen LogP) is 4.42. The number of aromatic nitrogens is 1. The first kappa shape index (κ1) is 17.8. The molecule has 4 aromatic rings. The summed E-state index contributed by atoms with van der Waals surface area (Å²) in [6.07, 6.45) is 5.39. The second-order valence-corrected chi connectivity index (χ2v) is 6.68. The second kappa shape index (κ2) is 7.56. The summed E-state index contributed by atoms with van der Waals surface area (Å²) in [6, 6.07) is 16.6. The van der Waals surface area contributed by atoms with Crippen LogP contribution in [0.2, 0.25) is 0 Å². The molecule has 5 nitrogen and oxygen atoms in total. The van der Waals surface area contributed by atoms with Gasteiger partial charge < -0.3 is 13.7 Å². The molecular formula is C23H19NO4. The highest BCUT2D eigenvalue weighted by molar-refractivity contribution is 5.94. The van der Waals surface area contributed by atoms with E-state index in [-0.39, 0.29) is 23.6 Å². The fourth-order valence-electron chi connectivity index (χ4n) is 3.04. The topological polar surface area (TPSA) is 61.4 Å². The van der Waals surface area contributed by atoms with Crippen LogP contribution in [-0.4, -0.2) is 10.4 Å². The summed E-state index contributed by atoms with van der Waals surface area (Å²) < 4.78 is 13.2. The largest absolute Gasteiger partial charge is 0.482 e. The molecule has 0 spiro atoms. The van der Waals surface area contributed by atoms with E-state index in [0.29, 0.717) is 17.9 Å². The van der Waals surface area contributed by atoms with Crippen LogP contribution in [0.4, 0.5) is 0 Å². The Morgan fingerprint density at radius 1 is 1.04 bits per heavy atom. The number of nitrogens with zero attached hydrogens (tertiary/aromatic N) is 1. The number of benzene rings is 2. The van der Waals surface area contributed by atoms with E-state index in [1.165, 1.54) is 19.3 Å². The number of carbonyl (C=O) groups excluding carboxylic acids is 1. The Balaban J connectivity index is 1.43. The van der Waals surface area contributed by atoms with Gasteiger partial charge in [-0.15, -0.1) is 0 Å². The van der Waals surface area contributed by atoms with Crippen molar-refractivity contribution in [2.45, 2.75) is 20.1 Å². The second-order valence-electron chi connectivity index (χ2n) is 6.68. The molecule has 2 aromatic heterocycles. The predicted molar refractivity (Wildman–Crippen MR) is 107 cm³/mol. The summed E-state index contributed by atoms with van der Waals surface area (Å²) in [7, 11) is 0. The molecule has 0 fully saturated rings. The Morgan fingerprint density at radius 2 is 1.71 bits per heavy atom. The molecule has 5 heteroatoms. The van der Waals surface area contributed by atoms with Gasteiger partial charge in [0.1, 0.15) is 18.6 Å². The van der Waals surface area contributed by atoms with Gasteiger partial charge in [-0.3, -0.25) is 9.59 Å². The van der Waals surface area contributed by atoms with Gasteiger partial charge in [-0.05, 0) is 23.3 Å². The molecule has 0 N–H and O–H groups in total. The van der Waals surface area contributed by atoms with E-state index in [1.54, 1.807) is 12.1 Å². The SMILES string of the molecule is CC(=O)c1ccc(COc2coc(Cn3cc4ccccc4c3)cc2=O)cc1. The van der Waals surface area contributed by atoms with Crippen molar-refractivity contribution in [1.29, 1.82) is 0 Å². The first-order valence-corrected chi connectivity index (χ1v) is 8.97. The normalized spacial score (nSPS) is 10.9. The van der Waals surface area contributed by atoms with Crippen LogP contribution in [0.15, 0.2) is 82.5 Å². The van der Waals surface area contributed by atoms with Crippen molar-refractivity contribution < 1.29 is 13.9 Å². The molecule has 28 heavy (non-hydrogen) atoms. The molecule has 0 bridgehead atoms. The summed E-state index contributed by atoms with van der Waals surface area (Å²) in [5, 5.41) is 2.28. The van der Waals surface area contributed by atoms with Crippen molar-refractivity contribution >= 4 is 16.6 Å². The van der Waals surface area contributed by atoms with Gasteiger partial charge in [-0.25, -0.2) is 0 Å². The Labute approximate surface area is 161 Å². The fraction of sp³-hybridized carbons (Fsp3) is 0.130. The van der Waals surface area contributed by atoms with Crippen LogP contribution in [0.1, 0.15) is 28.6 Å². The Bertz CT molecular complexity index is 1150. The van der Waals surface area contributed by atoms with Gasteiger partial charge in [0.25, 0.3) is 0 Å². The number of fused-ring (bicyclic) bond motifs is 1. The highest BCUT2D eigenvalue weighted by Crippen LogP contribution is 2.16. The van der Waals surface area contributed by atoms with E-state index in [1.807, 2.05) is 53.4 Å². The third-order valence-corrected chi connectivity index (χ3v) is 4.55. The summed E-state index contributed by atoms with van der Waals surface area (Å²) in [5.41, 5.74) is 1.29. The third-order valence-electron chi connectivity index (χ3n) is 4.55. The Hall–Kier alpha value is -3.60. The maximum atomic E-state index is 12.3. The van der Waals surface area contributed by atoms with E-state index in [2.05, 4.69) is 0 Å². The quantitative estimate of drug-likeness (QED) is 0.469. The number of Topliss-reactive ketones (excluding diaryl/α,β-unsaturated/α-hetero) is 1. The van der Waals surface area contributed by atoms with Crippen molar-refractivity contribution in [3.05, 3.63) is 100 Å². The van der Waals surface area contributed by atoms with Crippen LogP contribution in [0.5, 0.6) is 5.75 Å². The monoisotopic (exact) mass is 373 g/mol. The maximum absolute atomic E-state index is 12.3. The summed E-state index contributed by atoms with van der Waals surface area (Å²) in [6.45, 7) is 2.22. The van der Waals surface area contributed by atoms with Gasteiger partial charge in [0.15, 0.2) is 5.78 Å². The number of carbonyl (C=O) groups is 1. The molecule has 4 rings (SSSR count). The number of hydrogen-bond donors (Lipinski definition) is 0. The van der Waals surface area contributed by atoms with E-state index in [4.69, 9.17) is 9.15 Å². The summed E-state index contributed by atoms with van der Waals surface area (Å²) in [4.78, 5) is 23.6. The van der Waals surface area contributed by atoms with Crippen LogP contribution in [0, 0.1) is 0 Å². The minimum atomic E-state index is -0.224. The minimum absolute atomic E-state index is 0.0132. The van der Waals surface area contributed by atoms with Crippen molar-refractivity contribution in [3.8, 4) is 5.75 Å². The lowest BCUT2D eigenvalue weighted by Crippen LogP contribution is -2.09. The van der Waals surface area contributed by atoms with E-state index in [9.17, 15) is 9.59 Å². The van der Waals surface area contributed by atoms with Crippen molar-refractivity contribution in [2.75, 3.05) is 0 Å². The zero-order valence-corrected chi connectivity index (χ0v) is 15.4. The van der Waals surface area contributed by atoms with Gasteiger partial charge in [-0.1, -0.05) is 48.5 Å².